The van der Waals surface area contributed by atoms with Gasteiger partial charge in [-0.25, -0.2) is 4.39 Å². The summed E-state index contributed by atoms with van der Waals surface area (Å²) in [5.74, 6) is -0.0377. The molecular formula is C24H20FN4O. The maximum Gasteiger partial charge on any atom is 0.259 e. The first kappa shape index (κ1) is 18.7. The molecule has 2 aromatic carbocycles. The molecular weight excluding hydrogens is 379 g/mol. The van der Waals surface area contributed by atoms with Gasteiger partial charge in [0.15, 0.2) is 5.67 Å². The number of anilines is 1. The van der Waals surface area contributed by atoms with Crippen LogP contribution in [0, 0.1) is 17.4 Å². The van der Waals surface area contributed by atoms with Gasteiger partial charge in [-0.1, -0.05) is 18.2 Å². The zero-order chi connectivity index (χ0) is 20.7. The molecule has 0 spiro atoms. The lowest BCUT2D eigenvalue weighted by atomic mass is 9.94. The normalized spacial score (nSPS) is 18.4. The predicted molar refractivity (Wildman–Crippen MR) is 111 cm³/mol. The van der Waals surface area contributed by atoms with E-state index in [1.807, 2.05) is 42.5 Å². The summed E-state index contributed by atoms with van der Waals surface area (Å²) in [5.41, 5.74) is 2.56. The zero-order valence-electron chi connectivity index (χ0n) is 16.4. The van der Waals surface area contributed by atoms with E-state index in [2.05, 4.69) is 16.0 Å². The molecule has 30 heavy (non-hydrogen) atoms. The molecule has 0 aliphatic carbocycles. The number of aromatic nitrogens is 1. The van der Waals surface area contributed by atoms with Gasteiger partial charge in [0.1, 0.15) is 6.07 Å². The minimum Gasteiger partial charge on any atom is -0.304 e. The maximum absolute atomic E-state index is 14.3. The minimum atomic E-state index is -1.72. The van der Waals surface area contributed by atoms with Crippen molar-refractivity contribution in [3.8, 4) is 6.07 Å². The van der Waals surface area contributed by atoms with Crippen LogP contribution in [0.4, 0.5) is 10.1 Å². The Hall–Kier alpha value is -3.30. The Morgan fingerprint density at radius 3 is 2.83 bits per heavy atom. The average molecular weight is 399 g/mol. The van der Waals surface area contributed by atoms with Crippen LogP contribution in [0.25, 0.3) is 10.9 Å². The summed E-state index contributed by atoms with van der Waals surface area (Å²) < 4.78 is 14.3. The number of benzene rings is 2. The molecule has 0 saturated carbocycles. The van der Waals surface area contributed by atoms with Crippen LogP contribution in [0.1, 0.15) is 34.3 Å². The quantitative estimate of drug-likeness (QED) is 0.667. The Morgan fingerprint density at radius 2 is 2.10 bits per heavy atom. The number of hydrogen-bond acceptors (Lipinski definition) is 4. The van der Waals surface area contributed by atoms with Crippen LogP contribution >= 0.6 is 0 Å². The SMILES string of the molecule is N#CC1(F)CCN(Cc2cc3c(c4ncccc24)CN(c2c[c]ccc2)C3=O)CC1. The summed E-state index contributed by atoms with van der Waals surface area (Å²) in [4.78, 5) is 21.7. The molecule has 1 amide bonds. The fraction of sp³-hybridized carbons (Fsp3) is 0.292. The number of hydrogen-bond donors (Lipinski definition) is 0. The molecule has 5 nitrogen and oxygen atoms in total. The third-order valence-corrected chi connectivity index (χ3v) is 6.12. The number of nitriles is 1. The first-order chi connectivity index (χ1) is 14.6. The van der Waals surface area contributed by atoms with E-state index in [4.69, 9.17) is 5.26 Å². The molecule has 1 radical (unpaired) electrons. The molecule has 2 aliphatic rings. The molecule has 1 fully saturated rings. The number of rotatable bonds is 3. The summed E-state index contributed by atoms with van der Waals surface area (Å²) in [5, 5.41) is 10.0. The van der Waals surface area contributed by atoms with Crippen LogP contribution < -0.4 is 4.90 Å². The number of nitrogens with zero attached hydrogens (tertiary/aromatic N) is 4. The summed E-state index contributed by atoms with van der Waals surface area (Å²) in [6.45, 7) is 2.12. The second-order valence-corrected chi connectivity index (χ2v) is 7.97. The fourth-order valence-electron chi connectivity index (χ4n) is 4.41. The number of likely N-dealkylation sites (tertiary alicyclic amines) is 1. The first-order valence-electron chi connectivity index (χ1n) is 10.1. The molecule has 3 aromatic rings. The molecule has 2 aliphatic heterocycles. The number of pyridine rings is 1. The van der Waals surface area contributed by atoms with Crippen LogP contribution in [-0.2, 0) is 13.1 Å². The lowest BCUT2D eigenvalue weighted by Crippen LogP contribution is -2.40. The van der Waals surface area contributed by atoms with Gasteiger partial charge >= 0.3 is 0 Å². The van der Waals surface area contributed by atoms with E-state index in [9.17, 15) is 9.18 Å². The average Bonchev–Trinajstić information content (AvgIpc) is 3.13. The molecule has 0 unspecified atom stereocenters. The van der Waals surface area contributed by atoms with Crippen molar-refractivity contribution >= 4 is 22.5 Å². The highest BCUT2D eigenvalue weighted by molar-refractivity contribution is 6.13. The Kier molecular flexibility index (Phi) is 4.48. The maximum atomic E-state index is 14.3. The molecule has 1 saturated heterocycles. The third-order valence-electron chi connectivity index (χ3n) is 6.12. The second-order valence-electron chi connectivity index (χ2n) is 7.97. The van der Waals surface area contributed by atoms with Crippen molar-refractivity contribution in [2.45, 2.75) is 31.6 Å². The molecule has 0 bridgehead atoms. The minimum absolute atomic E-state index is 0.0377. The van der Waals surface area contributed by atoms with E-state index in [1.165, 1.54) is 0 Å². The zero-order valence-corrected chi connectivity index (χ0v) is 16.4. The summed E-state index contributed by atoms with van der Waals surface area (Å²) in [6, 6.07) is 18.1. The molecule has 0 atom stereocenters. The predicted octanol–water partition coefficient (Wildman–Crippen LogP) is 4.02. The van der Waals surface area contributed by atoms with Crippen LogP contribution in [-0.4, -0.2) is 34.5 Å². The summed E-state index contributed by atoms with van der Waals surface area (Å²) in [7, 11) is 0. The van der Waals surface area contributed by atoms with Gasteiger partial charge in [-0.05, 0) is 35.9 Å². The summed E-state index contributed by atoms with van der Waals surface area (Å²) in [6.07, 6.45) is 2.17. The van der Waals surface area contributed by atoms with Crippen molar-refractivity contribution in [3.63, 3.8) is 0 Å². The summed E-state index contributed by atoms with van der Waals surface area (Å²) >= 11 is 0. The van der Waals surface area contributed by atoms with Gasteiger partial charge in [0, 0.05) is 60.9 Å². The Morgan fingerprint density at radius 1 is 1.27 bits per heavy atom. The number of amides is 1. The Balaban J connectivity index is 1.50. The second kappa shape index (κ2) is 7.19. The van der Waals surface area contributed by atoms with E-state index in [-0.39, 0.29) is 18.7 Å². The van der Waals surface area contributed by atoms with Crippen molar-refractivity contribution in [2.75, 3.05) is 18.0 Å². The van der Waals surface area contributed by atoms with Crippen molar-refractivity contribution in [1.82, 2.24) is 9.88 Å². The fourth-order valence-corrected chi connectivity index (χ4v) is 4.41. The molecule has 149 valence electrons. The molecule has 0 N–H and O–H groups in total. The molecule has 5 rings (SSSR count). The lowest BCUT2D eigenvalue weighted by molar-refractivity contribution is 0.0985. The van der Waals surface area contributed by atoms with Gasteiger partial charge in [0.25, 0.3) is 5.91 Å². The van der Waals surface area contributed by atoms with Gasteiger partial charge < -0.3 is 4.90 Å². The van der Waals surface area contributed by atoms with E-state index >= 15 is 0 Å². The van der Waals surface area contributed by atoms with Gasteiger partial charge in [-0.3, -0.25) is 14.7 Å². The smallest absolute Gasteiger partial charge is 0.259 e. The van der Waals surface area contributed by atoms with Crippen molar-refractivity contribution in [1.29, 1.82) is 5.26 Å². The topological polar surface area (TPSA) is 60.2 Å². The van der Waals surface area contributed by atoms with Gasteiger partial charge in [0.05, 0.1) is 12.1 Å². The van der Waals surface area contributed by atoms with E-state index in [0.717, 1.165) is 27.7 Å². The van der Waals surface area contributed by atoms with E-state index < -0.39 is 5.67 Å². The van der Waals surface area contributed by atoms with Gasteiger partial charge in [-0.15, -0.1) is 0 Å². The Bertz CT molecular complexity index is 1160. The number of fused-ring (bicyclic) bond motifs is 3. The molecule has 3 heterocycles. The van der Waals surface area contributed by atoms with E-state index in [1.54, 1.807) is 17.2 Å². The molecule has 1 aromatic heterocycles. The monoisotopic (exact) mass is 399 g/mol. The highest BCUT2D eigenvalue weighted by Crippen LogP contribution is 2.35. The highest BCUT2D eigenvalue weighted by Gasteiger charge is 2.35. The lowest BCUT2D eigenvalue weighted by Gasteiger charge is -2.32. The van der Waals surface area contributed by atoms with Gasteiger partial charge in [-0.2, -0.15) is 5.26 Å². The number of halogens is 1. The number of alkyl halides is 1. The largest absolute Gasteiger partial charge is 0.304 e. The van der Waals surface area contributed by atoms with Crippen molar-refractivity contribution in [2.24, 2.45) is 0 Å². The highest BCUT2D eigenvalue weighted by atomic mass is 19.1. The van der Waals surface area contributed by atoms with E-state index in [0.29, 0.717) is 31.7 Å². The third kappa shape index (κ3) is 3.12. The number of carbonyl (C=O) groups is 1. The molecule has 6 heteroatoms. The Labute approximate surface area is 174 Å². The van der Waals surface area contributed by atoms with Crippen LogP contribution in [0.15, 0.2) is 48.7 Å². The standard InChI is InChI=1S/C24H20FN4O/c25-24(16-26)8-11-28(12-9-24)14-17-13-20-21(22-19(17)7-4-10-27-22)15-29(23(20)30)18-5-2-1-3-6-18/h1-2,4-7,10,13H,8-9,11-12,14-15H2. The van der Waals surface area contributed by atoms with Crippen molar-refractivity contribution < 1.29 is 9.18 Å². The van der Waals surface area contributed by atoms with Crippen LogP contribution in [0.2, 0.25) is 0 Å². The van der Waals surface area contributed by atoms with Gasteiger partial charge in [0.2, 0.25) is 0 Å². The van der Waals surface area contributed by atoms with Crippen molar-refractivity contribution in [3.05, 3.63) is 71.4 Å². The number of carbonyl (C=O) groups excluding carboxylic acids is 1. The van der Waals surface area contributed by atoms with Crippen LogP contribution in [0.3, 0.4) is 0 Å². The van der Waals surface area contributed by atoms with Crippen LogP contribution in [0.5, 0.6) is 0 Å². The number of piperidine rings is 1. The first-order valence-corrected chi connectivity index (χ1v) is 10.1.